The first-order chi connectivity index (χ1) is 17.0. The number of ether oxygens (including phenoxy) is 2. The van der Waals surface area contributed by atoms with E-state index in [0.717, 1.165) is 15.4 Å². The van der Waals surface area contributed by atoms with Gasteiger partial charge in [0.2, 0.25) is 5.91 Å². The molecule has 1 atom stereocenters. The molecule has 1 heterocycles. The van der Waals surface area contributed by atoms with E-state index in [-0.39, 0.29) is 10.9 Å². The number of amides is 1. The highest BCUT2D eigenvalue weighted by Gasteiger charge is 2.36. The SMILES string of the molecule is COc1ccc2c(c1)C(NC(=O)CN(c1ccc(C)cc1)S(=O)(=O)c1ccc(Cl)cc1)CC(C)(C)O2. The van der Waals surface area contributed by atoms with E-state index in [2.05, 4.69) is 5.32 Å². The molecule has 3 aromatic carbocycles. The zero-order chi connectivity index (χ0) is 26.1. The Morgan fingerprint density at radius 2 is 1.78 bits per heavy atom. The summed E-state index contributed by atoms with van der Waals surface area (Å²) in [6.45, 7) is 5.41. The van der Waals surface area contributed by atoms with Crippen LogP contribution >= 0.6 is 11.6 Å². The predicted molar refractivity (Wildman–Crippen MR) is 140 cm³/mol. The summed E-state index contributed by atoms with van der Waals surface area (Å²) in [5.41, 5.74) is 1.62. The van der Waals surface area contributed by atoms with Gasteiger partial charge in [0.15, 0.2) is 0 Å². The Morgan fingerprint density at radius 3 is 2.42 bits per heavy atom. The number of nitrogens with zero attached hydrogens (tertiary/aromatic N) is 1. The number of sulfonamides is 1. The van der Waals surface area contributed by atoms with Gasteiger partial charge >= 0.3 is 0 Å². The molecule has 190 valence electrons. The minimum Gasteiger partial charge on any atom is -0.497 e. The molecule has 1 aliphatic heterocycles. The van der Waals surface area contributed by atoms with Crippen molar-refractivity contribution in [2.45, 2.75) is 43.7 Å². The van der Waals surface area contributed by atoms with E-state index >= 15 is 0 Å². The van der Waals surface area contributed by atoms with Crippen LogP contribution in [-0.4, -0.2) is 33.6 Å². The Morgan fingerprint density at radius 1 is 1.11 bits per heavy atom. The molecule has 0 aliphatic carbocycles. The number of hydrogen-bond acceptors (Lipinski definition) is 5. The zero-order valence-corrected chi connectivity index (χ0v) is 22.2. The van der Waals surface area contributed by atoms with Crippen LogP contribution in [0, 0.1) is 6.92 Å². The number of benzene rings is 3. The topological polar surface area (TPSA) is 84.9 Å². The Hall–Kier alpha value is -3.23. The van der Waals surface area contributed by atoms with Gasteiger partial charge < -0.3 is 14.8 Å². The van der Waals surface area contributed by atoms with Gasteiger partial charge in [0.05, 0.1) is 23.7 Å². The van der Waals surface area contributed by atoms with Gasteiger partial charge in [-0.1, -0.05) is 29.3 Å². The third-order valence-corrected chi connectivity index (χ3v) is 8.06. The lowest BCUT2D eigenvalue weighted by atomic mass is 9.89. The van der Waals surface area contributed by atoms with E-state index in [1.165, 1.54) is 24.3 Å². The van der Waals surface area contributed by atoms with Crippen molar-refractivity contribution in [1.29, 1.82) is 0 Å². The van der Waals surface area contributed by atoms with Crippen molar-refractivity contribution in [3.8, 4) is 11.5 Å². The van der Waals surface area contributed by atoms with Crippen LogP contribution in [0.4, 0.5) is 5.69 Å². The fraction of sp³-hybridized carbons (Fsp3) is 0.296. The largest absolute Gasteiger partial charge is 0.497 e. The van der Waals surface area contributed by atoms with E-state index in [0.29, 0.717) is 28.6 Å². The maximum Gasteiger partial charge on any atom is 0.264 e. The summed E-state index contributed by atoms with van der Waals surface area (Å²) in [5.74, 6) is 0.856. The number of carbonyl (C=O) groups excluding carboxylic acids is 1. The maximum absolute atomic E-state index is 13.6. The fourth-order valence-corrected chi connectivity index (χ4v) is 5.77. The molecule has 0 spiro atoms. The van der Waals surface area contributed by atoms with Gasteiger partial charge in [-0.2, -0.15) is 0 Å². The first-order valence-electron chi connectivity index (χ1n) is 11.5. The molecule has 3 aromatic rings. The van der Waals surface area contributed by atoms with Crippen LogP contribution < -0.4 is 19.1 Å². The fourth-order valence-electron chi connectivity index (χ4n) is 4.22. The average Bonchev–Trinajstić information content (AvgIpc) is 2.82. The summed E-state index contributed by atoms with van der Waals surface area (Å²) in [5, 5.41) is 3.45. The summed E-state index contributed by atoms with van der Waals surface area (Å²) < 4.78 is 39.8. The van der Waals surface area contributed by atoms with E-state index in [9.17, 15) is 13.2 Å². The summed E-state index contributed by atoms with van der Waals surface area (Å²) >= 11 is 5.96. The van der Waals surface area contributed by atoms with Gasteiger partial charge in [-0.3, -0.25) is 9.10 Å². The van der Waals surface area contributed by atoms with Crippen molar-refractivity contribution < 1.29 is 22.7 Å². The predicted octanol–water partition coefficient (Wildman–Crippen LogP) is 5.27. The molecule has 0 saturated carbocycles. The summed E-state index contributed by atoms with van der Waals surface area (Å²) in [6, 6.07) is 17.9. The van der Waals surface area contributed by atoms with Crippen molar-refractivity contribution in [2.75, 3.05) is 18.0 Å². The Labute approximate surface area is 217 Å². The third-order valence-electron chi connectivity index (χ3n) is 6.02. The molecule has 1 unspecified atom stereocenters. The second kappa shape index (κ2) is 10.0. The summed E-state index contributed by atoms with van der Waals surface area (Å²) in [7, 11) is -2.47. The lowest BCUT2D eigenvalue weighted by molar-refractivity contribution is -0.120. The molecule has 0 aromatic heterocycles. The standard InChI is InChI=1S/C27H29ClN2O5S/c1-18-5-9-20(10-6-18)30(36(32,33)22-12-7-19(28)8-13-22)17-26(31)29-24-16-27(2,3)35-25-14-11-21(34-4)15-23(24)25/h5-15,24H,16-17H2,1-4H3,(H,29,31). The highest BCUT2D eigenvalue weighted by molar-refractivity contribution is 7.92. The molecular weight excluding hydrogens is 500 g/mol. The number of carbonyl (C=O) groups is 1. The molecule has 0 bridgehead atoms. The smallest absolute Gasteiger partial charge is 0.264 e. The average molecular weight is 529 g/mol. The Kier molecular flexibility index (Phi) is 7.20. The molecule has 36 heavy (non-hydrogen) atoms. The van der Waals surface area contributed by atoms with E-state index < -0.39 is 28.1 Å². The number of anilines is 1. The molecule has 4 rings (SSSR count). The van der Waals surface area contributed by atoms with Crippen molar-refractivity contribution >= 4 is 33.2 Å². The third kappa shape index (κ3) is 5.60. The first-order valence-corrected chi connectivity index (χ1v) is 13.3. The van der Waals surface area contributed by atoms with E-state index in [1.54, 1.807) is 37.4 Å². The van der Waals surface area contributed by atoms with Crippen LogP contribution in [0.3, 0.4) is 0 Å². The van der Waals surface area contributed by atoms with Crippen molar-refractivity contribution in [2.24, 2.45) is 0 Å². The van der Waals surface area contributed by atoms with Crippen LogP contribution in [0.15, 0.2) is 71.6 Å². The van der Waals surface area contributed by atoms with Crippen molar-refractivity contribution in [1.82, 2.24) is 5.32 Å². The molecule has 9 heteroatoms. The highest BCUT2D eigenvalue weighted by atomic mass is 35.5. The van der Waals surface area contributed by atoms with Crippen molar-refractivity contribution in [3.63, 3.8) is 0 Å². The molecule has 0 saturated heterocycles. The van der Waals surface area contributed by atoms with Gasteiger partial charge in [-0.05, 0) is 75.4 Å². The lowest BCUT2D eigenvalue weighted by Gasteiger charge is -2.38. The van der Waals surface area contributed by atoms with Gasteiger partial charge in [-0.25, -0.2) is 8.42 Å². The lowest BCUT2D eigenvalue weighted by Crippen LogP contribution is -2.45. The second-order valence-electron chi connectivity index (χ2n) is 9.39. The van der Waals surface area contributed by atoms with Gasteiger partial charge in [-0.15, -0.1) is 0 Å². The maximum atomic E-state index is 13.6. The monoisotopic (exact) mass is 528 g/mol. The molecule has 1 amide bonds. The number of fused-ring (bicyclic) bond motifs is 1. The Balaban J connectivity index is 1.65. The van der Waals surface area contributed by atoms with Crippen LogP contribution in [0.25, 0.3) is 0 Å². The molecule has 1 aliphatic rings. The number of aryl methyl sites for hydroxylation is 1. The number of halogens is 1. The number of methoxy groups -OCH3 is 1. The molecule has 0 radical (unpaired) electrons. The number of rotatable bonds is 7. The molecule has 1 N–H and O–H groups in total. The quantitative estimate of drug-likeness (QED) is 0.451. The van der Waals surface area contributed by atoms with E-state index in [1.807, 2.05) is 32.9 Å². The minimum absolute atomic E-state index is 0.0440. The van der Waals surface area contributed by atoms with E-state index in [4.69, 9.17) is 21.1 Å². The minimum atomic E-state index is -4.04. The van der Waals surface area contributed by atoms with Crippen LogP contribution in [-0.2, 0) is 14.8 Å². The Bertz CT molecular complexity index is 1360. The molecular formula is C27H29ClN2O5S. The number of nitrogens with one attached hydrogen (secondary N) is 1. The van der Waals surface area contributed by atoms with Gasteiger partial charge in [0, 0.05) is 17.0 Å². The van der Waals surface area contributed by atoms with Crippen LogP contribution in [0.1, 0.15) is 37.4 Å². The highest BCUT2D eigenvalue weighted by Crippen LogP contribution is 2.41. The zero-order valence-electron chi connectivity index (χ0n) is 20.6. The first kappa shape index (κ1) is 25.9. The molecule has 7 nitrogen and oxygen atoms in total. The van der Waals surface area contributed by atoms with Crippen LogP contribution in [0.5, 0.6) is 11.5 Å². The van der Waals surface area contributed by atoms with Crippen LogP contribution in [0.2, 0.25) is 5.02 Å². The van der Waals surface area contributed by atoms with Crippen molar-refractivity contribution in [3.05, 3.63) is 82.9 Å². The summed E-state index contributed by atoms with van der Waals surface area (Å²) in [6.07, 6.45) is 0.507. The molecule has 0 fully saturated rings. The van der Waals surface area contributed by atoms with Gasteiger partial charge in [0.25, 0.3) is 10.0 Å². The second-order valence-corrected chi connectivity index (χ2v) is 11.7. The van der Waals surface area contributed by atoms with Gasteiger partial charge in [0.1, 0.15) is 23.6 Å². The normalized spacial score (nSPS) is 16.4. The number of hydrogen-bond donors (Lipinski definition) is 1. The summed E-state index contributed by atoms with van der Waals surface area (Å²) in [4.78, 5) is 13.4.